The number of likely N-dealkylation sites (tertiary alicyclic amines) is 2. The Hall–Kier alpha value is -2.35. The molecule has 2 saturated carbocycles. The maximum absolute atomic E-state index is 14.0. The predicted octanol–water partition coefficient (Wildman–Crippen LogP) is 3.23. The van der Waals surface area contributed by atoms with Crippen LogP contribution in [0.5, 0.6) is 0 Å². The van der Waals surface area contributed by atoms with Gasteiger partial charge in [-0.3, -0.25) is 9.69 Å². The SMILES string of the molecule is CC1CCCCN1C1(C(=O)N2C[C@H](S(=O)(=O)c3ccccc3Cl)C[C@@H]2OC(=O)NC2(C#N)CC2)CC1. The number of alkyl carbamates (subject to hydrolysis) is 1. The first kappa shape index (κ1) is 25.3. The van der Waals surface area contributed by atoms with E-state index in [1.807, 2.05) is 0 Å². The van der Waals surface area contributed by atoms with Gasteiger partial charge in [-0.05, 0) is 64.1 Å². The van der Waals surface area contributed by atoms with Gasteiger partial charge in [-0.25, -0.2) is 13.2 Å². The summed E-state index contributed by atoms with van der Waals surface area (Å²) in [4.78, 5) is 30.4. The minimum absolute atomic E-state index is 0.00127. The smallest absolute Gasteiger partial charge is 0.410 e. The average Bonchev–Trinajstić information content (AvgIpc) is 3.77. The number of ether oxygens (including phenoxy) is 1. The van der Waals surface area contributed by atoms with Crippen molar-refractivity contribution in [3.8, 4) is 6.07 Å². The highest BCUT2D eigenvalue weighted by Gasteiger charge is 2.60. The number of rotatable bonds is 6. The lowest BCUT2D eigenvalue weighted by Gasteiger charge is -2.41. The van der Waals surface area contributed by atoms with Gasteiger partial charge in [0.15, 0.2) is 16.1 Å². The second-order valence-electron chi connectivity index (χ2n) is 10.5. The molecule has 0 radical (unpaired) electrons. The first-order chi connectivity index (χ1) is 17.1. The molecular weight excluding hydrogens is 504 g/mol. The fourth-order valence-electron chi connectivity index (χ4n) is 5.65. The number of sulfone groups is 1. The molecule has 1 aromatic rings. The van der Waals surface area contributed by atoms with E-state index in [0.29, 0.717) is 25.7 Å². The molecule has 3 atom stereocenters. The van der Waals surface area contributed by atoms with Crippen LogP contribution in [0.4, 0.5) is 4.79 Å². The zero-order valence-corrected chi connectivity index (χ0v) is 21.9. The number of nitrogens with zero attached hydrogens (tertiary/aromatic N) is 3. The van der Waals surface area contributed by atoms with E-state index >= 15 is 0 Å². The third kappa shape index (κ3) is 4.46. The maximum atomic E-state index is 14.0. The number of nitriles is 1. The molecule has 0 spiro atoms. The van der Waals surface area contributed by atoms with Gasteiger partial charge in [-0.1, -0.05) is 30.2 Å². The Kier molecular flexibility index (Phi) is 6.46. The molecule has 0 bridgehead atoms. The second kappa shape index (κ2) is 9.19. The Morgan fingerprint density at radius 3 is 2.53 bits per heavy atom. The largest absolute Gasteiger partial charge is 0.425 e. The number of benzene rings is 1. The number of carbonyl (C=O) groups is 2. The molecule has 5 rings (SSSR count). The van der Waals surface area contributed by atoms with E-state index in [9.17, 15) is 23.3 Å². The van der Waals surface area contributed by atoms with Gasteiger partial charge in [0, 0.05) is 19.0 Å². The summed E-state index contributed by atoms with van der Waals surface area (Å²) in [6.45, 7) is 2.86. The van der Waals surface area contributed by atoms with E-state index in [2.05, 4.69) is 23.2 Å². The number of nitrogens with one attached hydrogen (secondary N) is 1. The van der Waals surface area contributed by atoms with Crippen LogP contribution in [0.2, 0.25) is 5.02 Å². The summed E-state index contributed by atoms with van der Waals surface area (Å²) in [5.74, 6) is -0.188. The third-order valence-corrected chi connectivity index (χ3v) is 10.7. The maximum Gasteiger partial charge on any atom is 0.410 e. The van der Waals surface area contributed by atoms with Gasteiger partial charge in [0.25, 0.3) is 0 Å². The molecule has 1 N–H and O–H groups in total. The zero-order valence-electron chi connectivity index (χ0n) is 20.3. The molecule has 2 saturated heterocycles. The highest BCUT2D eigenvalue weighted by atomic mass is 35.5. The van der Waals surface area contributed by atoms with Crippen LogP contribution in [-0.2, 0) is 19.4 Å². The molecule has 2 aliphatic heterocycles. The van der Waals surface area contributed by atoms with Crippen LogP contribution in [0, 0.1) is 11.3 Å². The monoisotopic (exact) mass is 534 g/mol. The summed E-state index contributed by atoms with van der Waals surface area (Å²) < 4.78 is 32.7. The van der Waals surface area contributed by atoms with E-state index in [-0.39, 0.29) is 34.8 Å². The van der Waals surface area contributed by atoms with Crippen molar-refractivity contribution in [1.29, 1.82) is 5.26 Å². The molecule has 36 heavy (non-hydrogen) atoms. The van der Waals surface area contributed by atoms with Crippen molar-refractivity contribution in [2.45, 2.75) is 91.8 Å². The molecule has 194 valence electrons. The first-order valence-electron chi connectivity index (χ1n) is 12.6. The van der Waals surface area contributed by atoms with Gasteiger partial charge in [0.1, 0.15) is 11.1 Å². The quantitative estimate of drug-likeness (QED) is 0.595. The average molecular weight is 535 g/mol. The molecule has 1 unspecified atom stereocenters. The molecule has 9 nitrogen and oxygen atoms in total. The lowest BCUT2D eigenvalue weighted by Crippen LogP contribution is -2.57. The summed E-state index contributed by atoms with van der Waals surface area (Å²) in [5.41, 5.74) is -1.61. The Morgan fingerprint density at radius 1 is 1.19 bits per heavy atom. The van der Waals surface area contributed by atoms with Crippen molar-refractivity contribution in [3.05, 3.63) is 29.3 Å². The Balaban J connectivity index is 1.41. The van der Waals surface area contributed by atoms with Crippen LogP contribution in [0.15, 0.2) is 29.2 Å². The van der Waals surface area contributed by atoms with E-state index in [4.69, 9.17) is 16.3 Å². The normalized spacial score (nSPS) is 28.7. The number of carbonyl (C=O) groups excluding carboxylic acids is 2. The summed E-state index contributed by atoms with van der Waals surface area (Å²) >= 11 is 6.21. The summed E-state index contributed by atoms with van der Waals surface area (Å²) in [6, 6.07) is 8.55. The van der Waals surface area contributed by atoms with E-state index in [1.165, 1.54) is 17.0 Å². The number of amides is 2. The zero-order chi connectivity index (χ0) is 25.7. The van der Waals surface area contributed by atoms with Gasteiger partial charge >= 0.3 is 6.09 Å². The van der Waals surface area contributed by atoms with Crippen molar-refractivity contribution >= 4 is 33.4 Å². The third-order valence-electron chi connectivity index (χ3n) is 8.08. The molecule has 1 aromatic carbocycles. The molecule has 0 aromatic heterocycles. The number of piperidine rings is 1. The summed E-state index contributed by atoms with van der Waals surface area (Å²) in [5, 5.41) is 11.0. The van der Waals surface area contributed by atoms with Crippen LogP contribution >= 0.6 is 11.6 Å². The van der Waals surface area contributed by atoms with Crippen LogP contribution in [0.25, 0.3) is 0 Å². The van der Waals surface area contributed by atoms with Gasteiger partial charge in [0.2, 0.25) is 5.91 Å². The van der Waals surface area contributed by atoms with Gasteiger partial charge in [-0.15, -0.1) is 0 Å². The number of halogens is 1. The van der Waals surface area contributed by atoms with Crippen LogP contribution in [0.1, 0.15) is 58.3 Å². The van der Waals surface area contributed by atoms with Crippen molar-refractivity contribution < 1.29 is 22.7 Å². The lowest BCUT2D eigenvalue weighted by atomic mass is 9.99. The minimum atomic E-state index is -3.90. The van der Waals surface area contributed by atoms with E-state index in [1.54, 1.807) is 12.1 Å². The molecule has 2 heterocycles. The fraction of sp³-hybridized carbons (Fsp3) is 0.640. The van der Waals surface area contributed by atoms with Crippen molar-refractivity contribution in [3.63, 3.8) is 0 Å². The molecule has 2 aliphatic carbocycles. The van der Waals surface area contributed by atoms with E-state index in [0.717, 1.165) is 25.8 Å². The van der Waals surface area contributed by atoms with Crippen molar-refractivity contribution in [1.82, 2.24) is 15.1 Å². The van der Waals surface area contributed by atoms with E-state index < -0.39 is 38.5 Å². The van der Waals surface area contributed by atoms with Gasteiger partial charge < -0.3 is 15.0 Å². The second-order valence-corrected chi connectivity index (χ2v) is 13.1. The molecule has 4 fully saturated rings. The Bertz CT molecular complexity index is 1210. The Morgan fingerprint density at radius 2 is 1.92 bits per heavy atom. The number of hydrogen-bond donors (Lipinski definition) is 1. The minimum Gasteiger partial charge on any atom is -0.425 e. The lowest BCUT2D eigenvalue weighted by molar-refractivity contribution is -0.147. The fourth-order valence-corrected chi connectivity index (χ4v) is 7.85. The van der Waals surface area contributed by atoms with Crippen LogP contribution < -0.4 is 5.32 Å². The standard InChI is InChI=1S/C25H31ClN4O5S/c1-17-6-4-5-13-30(17)25(11-12-25)22(31)29-15-18(36(33,34)20-8-3-2-7-19(20)26)14-21(29)35-23(32)28-24(16-27)9-10-24/h2-3,7-8,17-18,21H,4-6,9-15H2,1H3,(H,28,32)/t17?,18-,21+/m1/s1. The summed E-state index contributed by atoms with van der Waals surface area (Å²) in [6.07, 6.45) is 3.69. The van der Waals surface area contributed by atoms with Crippen molar-refractivity contribution in [2.24, 2.45) is 0 Å². The van der Waals surface area contributed by atoms with Gasteiger partial charge in [-0.2, -0.15) is 5.26 Å². The first-order valence-corrected chi connectivity index (χ1v) is 14.5. The molecule has 2 amide bonds. The molecular formula is C25H31ClN4O5S. The van der Waals surface area contributed by atoms with Crippen molar-refractivity contribution in [2.75, 3.05) is 13.1 Å². The van der Waals surface area contributed by atoms with Crippen LogP contribution in [0.3, 0.4) is 0 Å². The topological polar surface area (TPSA) is 120 Å². The van der Waals surface area contributed by atoms with Gasteiger partial charge in [0.05, 0.1) is 21.2 Å². The molecule has 11 heteroatoms. The molecule has 4 aliphatic rings. The number of hydrogen-bond acceptors (Lipinski definition) is 7. The summed E-state index contributed by atoms with van der Waals surface area (Å²) in [7, 11) is -3.90. The Labute approximate surface area is 216 Å². The predicted molar refractivity (Wildman–Crippen MR) is 132 cm³/mol. The highest BCUT2D eigenvalue weighted by Crippen LogP contribution is 2.48. The van der Waals surface area contributed by atoms with Crippen LogP contribution in [-0.4, -0.2) is 71.9 Å². The highest BCUT2D eigenvalue weighted by molar-refractivity contribution is 7.92.